The first-order valence-corrected chi connectivity index (χ1v) is 7.49. The Labute approximate surface area is 98.2 Å². The molecule has 0 N–H and O–H groups in total. The molecule has 0 radical (unpaired) electrons. The molecular formula is C12H21NO2S. The molecule has 1 rings (SSSR count). The van der Waals surface area contributed by atoms with E-state index in [4.69, 9.17) is 4.18 Å². The first kappa shape index (κ1) is 13.4. The average molecular weight is 243 g/mol. The molecule has 0 saturated carbocycles. The van der Waals surface area contributed by atoms with Gasteiger partial charge in [-0.15, -0.1) is 16.1 Å². The van der Waals surface area contributed by atoms with Crippen molar-refractivity contribution < 1.29 is 8.39 Å². The molecule has 0 aromatic rings. The van der Waals surface area contributed by atoms with Crippen LogP contribution in [0, 0.1) is 5.92 Å². The van der Waals surface area contributed by atoms with Crippen molar-refractivity contribution in [2.75, 3.05) is 27.5 Å². The van der Waals surface area contributed by atoms with Gasteiger partial charge >= 0.3 is 0 Å². The maximum absolute atomic E-state index is 13.0. The van der Waals surface area contributed by atoms with Crippen LogP contribution in [0.1, 0.15) is 6.42 Å². The van der Waals surface area contributed by atoms with Crippen molar-refractivity contribution in [3.05, 3.63) is 35.8 Å². The van der Waals surface area contributed by atoms with Crippen molar-refractivity contribution in [2.24, 2.45) is 5.92 Å². The highest BCUT2D eigenvalue weighted by Crippen LogP contribution is 2.38. The van der Waals surface area contributed by atoms with Gasteiger partial charge in [-0.25, -0.2) is 4.31 Å². The summed E-state index contributed by atoms with van der Waals surface area (Å²) in [5, 5.41) is 0. The van der Waals surface area contributed by atoms with Crippen LogP contribution in [-0.4, -0.2) is 36.0 Å². The van der Waals surface area contributed by atoms with Crippen LogP contribution >= 0.6 is 0 Å². The fourth-order valence-electron chi connectivity index (χ4n) is 1.60. The van der Waals surface area contributed by atoms with E-state index in [2.05, 4.69) is 6.58 Å². The molecule has 0 bridgehead atoms. The van der Waals surface area contributed by atoms with Gasteiger partial charge in [0.05, 0.1) is 12.0 Å². The van der Waals surface area contributed by atoms with E-state index in [-0.39, 0.29) is 5.92 Å². The van der Waals surface area contributed by atoms with E-state index >= 15 is 0 Å². The Bertz CT molecular complexity index is 409. The van der Waals surface area contributed by atoms with Crippen LogP contribution in [0.4, 0.5) is 0 Å². The monoisotopic (exact) mass is 243 g/mol. The van der Waals surface area contributed by atoms with Crippen LogP contribution in [0.15, 0.2) is 35.8 Å². The lowest BCUT2D eigenvalue weighted by Crippen LogP contribution is -2.48. The van der Waals surface area contributed by atoms with Gasteiger partial charge in [0.15, 0.2) is 0 Å². The summed E-state index contributed by atoms with van der Waals surface area (Å²) in [4.78, 5) is 0.737. The molecule has 0 aromatic heterocycles. The van der Waals surface area contributed by atoms with Gasteiger partial charge in [0.1, 0.15) is 0 Å². The van der Waals surface area contributed by atoms with Crippen molar-refractivity contribution in [3.63, 3.8) is 0 Å². The second-order valence-corrected chi connectivity index (χ2v) is 8.21. The van der Waals surface area contributed by atoms with Gasteiger partial charge in [0, 0.05) is 26.3 Å². The highest BCUT2D eigenvalue weighted by molar-refractivity contribution is 8.16. The van der Waals surface area contributed by atoms with E-state index in [1.54, 1.807) is 24.7 Å². The first-order chi connectivity index (χ1) is 7.34. The van der Waals surface area contributed by atoms with E-state index < -0.39 is 9.53 Å². The Hall–Kier alpha value is -0.710. The van der Waals surface area contributed by atoms with E-state index in [0.29, 0.717) is 0 Å². The number of hydrogen-bond acceptors (Lipinski definition) is 2. The lowest BCUT2D eigenvalue weighted by molar-refractivity contribution is 0.370. The van der Waals surface area contributed by atoms with Crippen molar-refractivity contribution in [1.82, 2.24) is 4.31 Å². The number of nitrogens with zero attached hydrogens (tertiary/aromatic N) is 1. The molecule has 0 amide bonds. The Morgan fingerprint density at radius 1 is 1.62 bits per heavy atom. The third-order valence-electron chi connectivity index (χ3n) is 3.14. The minimum atomic E-state index is -3.36. The third-order valence-corrected chi connectivity index (χ3v) is 6.96. The number of hydrogen-bond donors (Lipinski definition) is 0. The van der Waals surface area contributed by atoms with Crippen LogP contribution in [0.25, 0.3) is 0 Å². The smallest absolute Gasteiger partial charge is 0.0654 e. The summed E-state index contributed by atoms with van der Waals surface area (Å²) in [7, 11) is 1.67. The summed E-state index contributed by atoms with van der Waals surface area (Å²) in [6, 6.07) is 0. The molecular weight excluding hydrogens is 222 g/mol. The fraction of sp³-hybridized carbons (Fsp3) is 0.500. The molecule has 1 unspecified atom stereocenters. The summed E-state index contributed by atoms with van der Waals surface area (Å²) in [5.74, 6) is 0.236. The normalized spacial score (nSPS) is 23.7. The highest BCUT2D eigenvalue weighted by Gasteiger charge is 2.32. The first-order valence-electron chi connectivity index (χ1n) is 5.23. The maximum atomic E-state index is 13.0. The predicted octanol–water partition coefficient (Wildman–Crippen LogP) is 2.12. The van der Waals surface area contributed by atoms with Gasteiger partial charge < -0.3 is 0 Å². The van der Waals surface area contributed by atoms with Crippen LogP contribution in [-0.2, 0) is 13.7 Å². The summed E-state index contributed by atoms with van der Waals surface area (Å²) in [6.07, 6.45) is 10.3. The molecule has 4 heteroatoms. The summed E-state index contributed by atoms with van der Waals surface area (Å²) in [6.45, 7) is 3.77. The van der Waals surface area contributed by atoms with Gasteiger partial charge in [0.2, 0.25) is 0 Å². The van der Waals surface area contributed by atoms with Gasteiger partial charge in [-0.2, -0.15) is 4.21 Å². The van der Waals surface area contributed by atoms with E-state index in [1.165, 1.54) is 7.11 Å². The van der Waals surface area contributed by atoms with E-state index in [0.717, 1.165) is 11.3 Å². The van der Waals surface area contributed by atoms with Crippen LogP contribution < -0.4 is 0 Å². The molecule has 1 atom stereocenters. The maximum Gasteiger partial charge on any atom is 0.0654 e. The Morgan fingerprint density at radius 3 is 2.69 bits per heavy atom. The largest absolute Gasteiger partial charge is 0.274 e. The molecule has 0 spiro atoms. The minimum absolute atomic E-state index is 0.236. The highest BCUT2D eigenvalue weighted by atomic mass is 32.3. The Balaban J connectivity index is 3.26. The Kier molecular flexibility index (Phi) is 3.57. The van der Waals surface area contributed by atoms with Crippen LogP contribution in [0.2, 0.25) is 0 Å². The summed E-state index contributed by atoms with van der Waals surface area (Å²) >= 11 is 0. The lowest BCUT2D eigenvalue weighted by Gasteiger charge is -2.50. The van der Waals surface area contributed by atoms with Crippen LogP contribution in [0.5, 0.6) is 0 Å². The molecule has 0 saturated heterocycles. The van der Waals surface area contributed by atoms with Gasteiger partial charge in [-0.05, 0) is 12.5 Å². The SMILES string of the molecule is C=CC1C=C(S(C)(=O)(OC)N(C)C)C=CC1. The second kappa shape index (κ2) is 4.28. The second-order valence-electron chi connectivity index (χ2n) is 4.28. The predicted molar refractivity (Wildman–Crippen MR) is 70.3 cm³/mol. The molecule has 92 valence electrons. The van der Waals surface area contributed by atoms with Crippen LogP contribution in [0.3, 0.4) is 0 Å². The standard InChI is InChI=1S/C12H21NO2S/c1-6-11-8-7-9-12(10-11)16(5,14,15-4)13(2)3/h6-7,9-11H,1,8H2,2-5H3. The molecule has 16 heavy (non-hydrogen) atoms. The fourth-order valence-corrected chi connectivity index (χ4v) is 3.40. The van der Waals surface area contributed by atoms with Gasteiger partial charge in [-0.1, -0.05) is 18.2 Å². The molecule has 0 aromatic carbocycles. The van der Waals surface area contributed by atoms with Crippen molar-refractivity contribution in [3.8, 4) is 0 Å². The Morgan fingerprint density at radius 2 is 2.25 bits per heavy atom. The topological polar surface area (TPSA) is 29.5 Å². The summed E-state index contributed by atoms with van der Waals surface area (Å²) in [5.41, 5.74) is 0. The van der Waals surface area contributed by atoms with Gasteiger partial charge in [-0.3, -0.25) is 4.18 Å². The molecule has 1 aliphatic carbocycles. The number of allylic oxidation sites excluding steroid dienone is 4. The third kappa shape index (κ3) is 2.05. The minimum Gasteiger partial charge on any atom is -0.274 e. The average Bonchev–Trinajstić information content (AvgIpc) is 2.29. The molecule has 0 heterocycles. The van der Waals surface area contributed by atoms with Crippen molar-refractivity contribution in [2.45, 2.75) is 6.42 Å². The van der Waals surface area contributed by atoms with Crippen molar-refractivity contribution >= 4 is 9.53 Å². The zero-order valence-electron chi connectivity index (χ0n) is 10.5. The molecule has 3 nitrogen and oxygen atoms in total. The molecule has 1 aliphatic rings. The van der Waals surface area contributed by atoms with Crippen molar-refractivity contribution in [1.29, 1.82) is 0 Å². The number of rotatable bonds is 4. The lowest BCUT2D eigenvalue weighted by atomic mass is 10.0. The van der Waals surface area contributed by atoms with E-state index in [1.807, 2.05) is 24.3 Å². The molecule has 0 fully saturated rings. The zero-order valence-corrected chi connectivity index (χ0v) is 11.3. The molecule has 0 aliphatic heterocycles. The quantitative estimate of drug-likeness (QED) is 0.708. The van der Waals surface area contributed by atoms with Gasteiger partial charge in [0.25, 0.3) is 0 Å². The summed E-state index contributed by atoms with van der Waals surface area (Å²) < 4.78 is 20.0. The zero-order chi connectivity index (χ0) is 12.4. The van der Waals surface area contributed by atoms with E-state index in [9.17, 15) is 4.21 Å².